The van der Waals surface area contributed by atoms with E-state index in [9.17, 15) is 0 Å². The van der Waals surface area contributed by atoms with Crippen LogP contribution in [0.3, 0.4) is 0 Å². The van der Waals surface area contributed by atoms with Crippen molar-refractivity contribution in [3.8, 4) is 6.01 Å². The van der Waals surface area contributed by atoms with E-state index in [1.807, 2.05) is 14.0 Å². The molecule has 0 aliphatic rings. The third-order valence-electron chi connectivity index (χ3n) is 2.10. The van der Waals surface area contributed by atoms with Crippen LogP contribution in [0, 0.1) is 0 Å². The molecule has 86 valence electrons. The van der Waals surface area contributed by atoms with E-state index in [0.29, 0.717) is 6.01 Å². The Kier molecular flexibility index (Phi) is 5.10. The highest BCUT2D eigenvalue weighted by molar-refractivity contribution is 4.87. The standard InChI is InChI=1S/C10H20N4O/c1-4-11-7-5-6-9(2)15-10-12-8-14(3)13-10/h8-9,11H,4-7H2,1-3H3. The topological polar surface area (TPSA) is 52.0 Å². The smallest absolute Gasteiger partial charge is 0.335 e. The van der Waals surface area contributed by atoms with E-state index >= 15 is 0 Å². The van der Waals surface area contributed by atoms with Crippen molar-refractivity contribution in [2.45, 2.75) is 32.8 Å². The van der Waals surface area contributed by atoms with E-state index in [2.05, 4.69) is 22.3 Å². The first-order chi connectivity index (χ1) is 7.22. The summed E-state index contributed by atoms with van der Waals surface area (Å²) in [6, 6.07) is 0.466. The summed E-state index contributed by atoms with van der Waals surface area (Å²) >= 11 is 0. The van der Waals surface area contributed by atoms with Gasteiger partial charge in [0.2, 0.25) is 0 Å². The first kappa shape index (κ1) is 12.0. The molecule has 0 saturated carbocycles. The predicted molar refractivity (Wildman–Crippen MR) is 58.9 cm³/mol. The lowest BCUT2D eigenvalue weighted by Gasteiger charge is -2.11. The molecule has 5 heteroatoms. The Balaban J connectivity index is 2.15. The molecule has 1 aromatic heterocycles. The highest BCUT2D eigenvalue weighted by Crippen LogP contribution is 2.06. The lowest BCUT2D eigenvalue weighted by Crippen LogP contribution is -2.18. The molecule has 0 aliphatic heterocycles. The molecule has 0 bridgehead atoms. The number of hydrogen-bond donors (Lipinski definition) is 1. The van der Waals surface area contributed by atoms with E-state index in [0.717, 1.165) is 25.9 Å². The normalized spacial score (nSPS) is 12.7. The van der Waals surface area contributed by atoms with Gasteiger partial charge in [-0.25, -0.2) is 0 Å². The summed E-state index contributed by atoms with van der Waals surface area (Å²) in [6.45, 7) is 6.22. The first-order valence-electron chi connectivity index (χ1n) is 5.45. The molecule has 1 aromatic rings. The van der Waals surface area contributed by atoms with Crippen molar-refractivity contribution in [2.24, 2.45) is 7.05 Å². The summed E-state index contributed by atoms with van der Waals surface area (Å²) in [4.78, 5) is 4.01. The summed E-state index contributed by atoms with van der Waals surface area (Å²) in [6.07, 6.45) is 3.94. The zero-order valence-corrected chi connectivity index (χ0v) is 9.73. The van der Waals surface area contributed by atoms with Gasteiger partial charge in [-0.15, -0.1) is 5.10 Å². The number of aryl methyl sites for hydroxylation is 1. The number of nitrogens with one attached hydrogen (secondary N) is 1. The van der Waals surface area contributed by atoms with Gasteiger partial charge in [0.15, 0.2) is 0 Å². The molecule has 1 N–H and O–H groups in total. The largest absolute Gasteiger partial charge is 0.459 e. The summed E-state index contributed by atoms with van der Waals surface area (Å²) in [5.74, 6) is 0. The summed E-state index contributed by atoms with van der Waals surface area (Å²) in [5, 5.41) is 7.34. The van der Waals surface area contributed by atoms with Crippen LogP contribution in [0.4, 0.5) is 0 Å². The van der Waals surface area contributed by atoms with Crippen molar-refractivity contribution in [3.63, 3.8) is 0 Å². The van der Waals surface area contributed by atoms with Gasteiger partial charge in [0.25, 0.3) is 0 Å². The van der Waals surface area contributed by atoms with Crippen LogP contribution in [0.1, 0.15) is 26.7 Å². The van der Waals surface area contributed by atoms with Crippen molar-refractivity contribution < 1.29 is 4.74 Å². The second-order valence-electron chi connectivity index (χ2n) is 3.63. The lowest BCUT2D eigenvalue weighted by molar-refractivity contribution is 0.190. The van der Waals surface area contributed by atoms with Crippen molar-refractivity contribution >= 4 is 0 Å². The van der Waals surface area contributed by atoms with E-state index < -0.39 is 0 Å². The van der Waals surface area contributed by atoms with Crippen molar-refractivity contribution in [2.75, 3.05) is 13.1 Å². The first-order valence-corrected chi connectivity index (χ1v) is 5.45. The molecule has 5 nitrogen and oxygen atoms in total. The molecule has 0 radical (unpaired) electrons. The maximum Gasteiger partial charge on any atom is 0.335 e. The maximum absolute atomic E-state index is 5.54. The molecule has 1 atom stereocenters. The molecule has 1 unspecified atom stereocenters. The van der Waals surface area contributed by atoms with E-state index in [1.54, 1.807) is 11.0 Å². The fourth-order valence-corrected chi connectivity index (χ4v) is 1.30. The van der Waals surface area contributed by atoms with Crippen LogP contribution in [0.15, 0.2) is 6.33 Å². The highest BCUT2D eigenvalue weighted by Gasteiger charge is 2.06. The van der Waals surface area contributed by atoms with Gasteiger partial charge in [0.05, 0.1) is 6.10 Å². The average molecular weight is 212 g/mol. The van der Waals surface area contributed by atoms with Crippen LogP contribution >= 0.6 is 0 Å². The quantitative estimate of drug-likeness (QED) is 0.684. The molecule has 0 spiro atoms. The molecular weight excluding hydrogens is 192 g/mol. The Morgan fingerprint density at radius 1 is 1.60 bits per heavy atom. The van der Waals surface area contributed by atoms with Crippen molar-refractivity contribution in [3.05, 3.63) is 6.33 Å². The van der Waals surface area contributed by atoms with Crippen LogP contribution in [-0.2, 0) is 7.05 Å². The fourth-order valence-electron chi connectivity index (χ4n) is 1.30. The SMILES string of the molecule is CCNCCCC(C)Oc1ncn(C)n1. The monoisotopic (exact) mass is 212 g/mol. The van der Waals surface area contributed by atoms with Crippen molar-refractivity contribution in [1.82, 2.24) is 20.1 Å². The third-order valence-corrected chi connectivity index (χ3v) is 2.10. The van der Waals surface area contributed by atoms with Crippen LogP contribution in [0.25, 0.3) is 0 Å². The van der Waals surface area contributed by atoms with Gasteiger partial charge in [-0.2, -0.15) is 4.98 Å². The predicted octanol–water partition coefficient (Wildman–Crippen LogP) is 0.972. The second kappa shape index (κ2) is 6.40. The summed E-state index contributed by atoms with van der Waals surface area (Å²) in [5.41, 5.74) is 0. The molecule has 1 heterocycles. The molecule has 15 heavy (non-hydrogen) atoms. The Hall–Kier alpha value is -1.10. The molecule has 0 fully saturated rings. The van der Waals surface area contributed by atoms with E-state index in [4.69, 9.17) is 4.74 Å². The lowest BCUT2D eigenvalue weighted by atomic mass is 10.2. The minimum absolute atomic E-state index is 0.172. The zero-order chi connectivity index (χ0) is 11.1. The zero-order valence-electron chi connectivity index (χ0n) is 9.73. The molecule has 0 aromatic carbocycles. The number of nitrogens with zero attached hydrogens (tertiary/aromatic N) is 3. The Labute approximate surface area is 90.8 Å². The second-order valence-corrected chi connectivity index (χ2v) is 3.63. The molecule has 0 aliphatic carbocycles. The number of aromatic nitrogens is 3. The Morgan fingerprint density at radius 3 is 3.00 bits per heavy atom. The minimum Gasteiger partial charge on any atom is -0.459 e. The van der Waals surface area contributed by atoms with E-state index in [1.165, 1.54) is 0 Å². The molecule has 0 saturated heterocycles. The number of ether oxygens (including phenoxy) is 1. The highest BCUT2D eigenvalue weighted by atomic mass is 16.5. The van der Waals surface area contributed by atoms with Gasteiger partial charge in [-0.3, -0.25) is 4.68 Å². The van der Waals surface area contributed by atoms with Gasteiger partial charge in [0.1, 0.15) is 6.33 Å². The summed E-state index contributed by atoms with van der Waals surface area (Å²) in [7, 11) is 1.83. The van der Waals surface area contributed by atoms with Gasteiger partial charge >= 0.3 is 6.01 Å². The Morgan fingerprint density at radius 2 is 2.40 bits per heavy atom. The number of hydrogen-bond acceptors (Lipinski definition) is 4. The van der Waals surface area contributed by atoms with Gasteiger partial charge in [-0.05, 0) is 32.9 Å². The molecule has 1 rings (SSSR count). The number of rotatable bonds is 7. The minimum atomic E-state index is 0.172. The van der Waals surface area contributed by atoms with Crippen LogP contribution in [-0.4, -0.2) is 34.0 Å². The van der Waals surface area contributed by atoms with Crippen LogP contribution in [0.5, 0.6) is 6.01 Å². The fraction of sp³-hybridized carbons (Fsp3) is 0.800. The average Bonchev–Trinajstić information content (AvgIpc) is 2.59. The summed E-state index contributed by atoms with van der Waals surface area (Å²) < 4.78 is 7.18. The van der Waals surface area contributed by atoms with Crippen molar-refractivity contribution in [1.29, 1.82) is 0 Å². The van der Waals surface area contributed by atoms with Gasteiger partial charge in [-0.1, -0.05) is 6.92 Å². The third kappa shape index (κ3) is 4.78. The van der Waals surface area contributed by atoms with E-state index in [-0.39, 0.29) is 6.10 Å². The Bertz CT molecular complexity index is 274. The van der Waals surface area contributed by atoms with Gasteiger partial charge < -0.3 is 10.1 Å². The van der Waals surface area contributed by atoms with Crippen LogP contribution < -0.4 is 10.1 Å². The molecule has 0 amide bonds. The maximum atomic E-state index is 5.54. The van der Waals surface area contributed by atoms with Crippen LogP contribution in [0.2, 0.25) is 0 Å². The molecular formula is C10H20N4O. The van der Waals surface area contributed by atoms with Gasteiger partial charge in [0, 0.05) is 7.05 Å².